The zero-order valence-electron chi connectivity index (χ0n) is 13.9. The number of imidazole rings is 1. The van der Waals surface area contributed by atoms with Crippen LogP contribution in [0.2, 0.25) is 0 Å². The first kappa shape index (κ1) is 17.4. The Labute approximate surface area is 145 Å². The van der Waals surface area contributed by atoms with Gasteiger partial charge in [0.2, 0.25) is 26.8 Å². The molecule has 1 aromatic heterocycles. The Morgan fingerprint density at radius 3 is 2.56 bits per heavy atom. The van der Waals surface area contributed by atoms with Gasteiger partial charge in [-0.25, -0.2) is 13.4 Å². The van der Waals surface area contributed by atoms with Crippen LogP contribution in [0.3, 0.4) is 0 Å². The maximum atomic E-state index is 12.2. The molecule has 0 bridgehead atoms. The molecule has 1 aromatic carbocycles. The van der Waals surface area contributed by atoms with E-state index in [9.17, 15) is 18.0 Å². The Balaban J connectivity index is 1.75. The molecular weight excluding hydrogens is 344 g/mol. The van der Waals surface area contributed by atoms with Crippen molar-refractivity contribution in [3.8, 4) is 0 Å². The minimum Gasteiger partial charge on any atom is -0.345 e. The highest BCUT2D eigenvalue weighted by molar-refractivity contribution is 7.90. The predicted octanol–water partition coefficient (Wildman–Crippen LogP) is 0.178. The van der Waals surface area contributed by atoms with Crippen LogP contribution in [0.15, 0.2) is 29.4 Å². The van der Waals surface area contributed by atoms with Crippen molar-refractivity contribution in [1.29, 1.82) is 0 Å². The van der Waals surface area contributed by atoms with E-state index in [1.165, 1.54) is 4.57 Å². The Kier molecular flexibility index (Phi) is 4.76. The largest absolute Gasteiger partial charge is 0.345 e. The molecule has 25 heavy (non-hydrogen) atoms. The number of fused-ring (bicyclic) bond motifs is 1. The number of nitrogens with one attached hydrogen (secondary N) is 1. The van der Waals surface area contributed by atoms with Gasteiger partial charge < -0.3 is 14.8 Å². The van der Waals surface area contributed by atoms with Crippen molar-refractivity contribution in [3.05, 3.63) is 24.3 Å². The number of carbonyl (C=O) groups is 2. The fourth-order valence-corrected chi connectivity index (χ4v) is 3.77. The van der Waals surface area contributed by atoms with Crippen LogP contribution in [0.4, 0.5) is 0 Å². The molecule has 1 aliphatic rings. The van der Waals surface area contributed by atoms with Gasteiger partial charge in [-0.2, -0.15) is 0 Å². The lowest BCUT2D eigenvalue weighted by Crippen LogP contribution is -2.39. The SMILES string of the molecule is CS(=O)(=O)c1nc2ccccc2n1CC(=O)NCC(=O)N1CCCC1. The van der Waals surface area contributed by atoms with E-state index in [-0.39, 0.29) is 24.2 Å². The number of hydrogen-bond acceptors (Lipinski definition) is 5. The molecule has 9 heteroatoms. The molecule has 2 amide bonds. The average molecular weight is 364 g/mol. The Morgan fingerprint density at radius 1 is 1.20 bits per heavy atom. The van der Waals surface area contributed by atoms with Crippen molar-refractivity contribution in [2.75, 3.05) is 25.9 Å². The van der Waals surface area contributed by atoms with E-state index in [0.29, 0.717) is 11.0 Å². The lowest BCUT2D eigenvalue weighted by Gasteiger charge is -2.15. The van der Waals surface area contributed by atoms with E-state index in [1.54, 1.807) is 29.2 Å². The third-order valence-corrected chi connectivity index (χ3v) is 5.12. The maximum absolute atomic E-state index is 12.2. The Hall–Kier alpha value is -2.42. The molecule has 134 valence electrons. The molecule has 2 aromatic rings. The molecule has 1 fully saturated rings. The second-order valence-electron chi connectivity index (χ2n) is 6.11. The molecule has 1 N–H and O–H groups in total. The lowest BCUT2D eigenvalue weighted by atomic mass is 10.3. The molecule has 0 spiro atoms. The van der Waals surface area contributed by atoms with Crippen molar-refractivity contribution in [2.24, 2.45) is 0 Å². The van der Waals surface area contributed by atoms with E-state index in [4.69, 9.17) is 0 Å². The highest BCUT2D eigenvalue weighted by Crippen LogP contribution is 2.19. The summed E-state index contributed by atoms with van der Waals surface area (Å²) in [5.74, 6) is -0.551. The number of carbonyl (C=O) groups excluding carboxylic acids is 2. The number of likely N-dealkylation sites (tertiary alicyclic amines) is 1. The van der Waals surface area contributed by atoms with E-state index >= 15 is 0 Å². The minimum atomic E-state index is -3.59. The van der Waals surface area contributed by atoms with Gasteiger partial charge in [0, 0.05) is 19.3 Å². The first-order valence-electron chi connectivity index (χ1n) is 8.06. The van der Waals surface area contributed by atoms with Gasteiger partial charge in [0.25, 0.3) is 0 Å². The highest BCUT2D eigenvalue weighted by Gasteiger charge is 2.22. The van der Waals surface area contributed by atoms with Gasteiger partial charge >= 0.3 is 0 Å². The number of sulfone groups is 1. The molecule has 1 aliphatic heterocycles. The number of nitrogens with zero attached hydrogens (tertiary/aromatic N) is 3. The minimum absolute atomic E-state index is 0.0837. The lowest BCUT2D eigenvalue weighted by molar-refractivity contribution is -0.132. The first-order chi connectivity index (χ1) is 11.9. The van der Waals surface area contributed by atoms with Gasteiger partial charge in [0.1, 0.15) is 6.54 Å². The predicted molar refractivity (Wildman–Crippen MR) is 91.7 cm³/mol. The standard InChI is InChI=1S/C16H20N4O4S/c1-25(23,24)16-18-12-6-2-3-7-13(12)20(16)11-14(21)17-10-15(22)19-8-4-5-9-19/h2-3,6-7H,4-5,8-11H2,1H3,(H,17,21). The van der Waals surface area contributed by atoms with Gasteiger partial charge in [-0.1, -0.05) is 12.1 Å². The summed E-state index contributed by atoms with van der Waals surface area (Å²) < 4.78 is 25.3. The molecule has 1 saturated heterocycles. The van der Waals surface area contributed by atoms with Crippen LogP contribution < -0.4 is 5.32 Å². The van der Waals surface area contributed by atoms with Crippen molar-refractivity contribution in [1.82, 2.24) is 19.8 Å². The van der Waals surface area contributed by atoms with Crippen LogP contribution in [-0.2, 0) is 26.0 Å². The monoisotopic (exact) mass is 364 g/mol. The maximum Gasteiger partial charge on any atom is 0.241 e. The van der Waals surface area contributed by atoms with E-state index < -0.39 is 15.7 Å². The quantitative estimate of drug-likeness (QED) is 0.815. The normalized spacial score (nSPS) is 14.8. The topological polar surface area (TPSA) is 101 Å². The Bertz CT molecular complexity index is 913. The van der Waals surface area contributed by atoms with Gasteiger partial charge in [-0.15, -0.1) is 0 Å². The summed E-state index contributed by atoms with van der Waals surface area (Å²) in [7, 11) is -3.59. The Morgan fingerprint density at radius 2 is 1.88 bits per heavy atom. The summed E-state index contributed by atoms with van der Waals surface area (Å²) in [6, 6.07) is 6.90. The van der Waals surface area contributed by atoms with Crippen molar-refractivity contribution < 1.29 is 18.0 Å². The molecule has 2 heterocycles. The summed E-state index contributed by atoms with van der Waals surface area (Å²) in [5, 5.41) is 2.41. The number of benzene rings is 1. The van der Waals surface area contributed by atoms with Gasteiger partial charge in [0.05, 0.1) is 17.6 Å². The van der Waals surface area contributed by atoms with E-state index in [1.807, 2.05) is 0 Å². The van der Waals surface area contributed by atoms with Crippen LogP contribution in [0, 0.1) is 0 Å². The van der Waals surface area contributed by atoms with Crippen LogP contribution in [0.25, 0.3) is 11.0 Å². The molecule has 8 nitrogen and oxygen atoms in total. The molecule has 0 saturated carbocycles. The van der Waals surface area contributed by atoms with Crippen molar-refractivity contribution in [3.63, 3.8) is 0 Å². The summed E-state index contributed by atoms with van der Waals surface area (Å²) in [4.78, 5) is 30.0. The summed E-state index contributed by atoms with van der Waals surface area (Å²) in [5.41, 5.74) is 1.06. The number of aromatic nitrogens is 2. The average Bonchev–Trinajstić information content (AvgIpc) is 3.20. The third-order valence-electron chi connectivity index (χ3n) is 4.15. The fraction of sp³-hybridized carbons (Fsp3) is 0.438. The van der Waals surface area contributed by atoms with Crippen LogP contribution in [0.1, 0.15) is 12.8 Å². The molecule has 0 atom stereocenters. The van der Waals surface area contributed by atoms with Crippen LogP contribution in [-0.4, -0.2) is 60.6 Å². The molecular formula is C16H20N4O4S. The summed E-state index contributed by atoms with van der Waals surface area (Å²) >= 11 is 0. The summed E-state index contributed by atoms with van der Waals surface area (Å²) in [6.45, 7) is 1.15. The number of rotatable bonds is 5. The third kappa shape index (κ3) is 3.81. The second kappa shape index (κ2) is 6.83. The van der Waals surface area contributed by atoms with Crippen molar-refractivity contribution in [2.45, 2.75) is 24.5 Å². The van der Waals surface area contributed by atoms with Gasteiger partial charge in [-0.3, -0.25) is 9.59 Å². The second-order valence-corrected chi connectivity index (χ2v) is 8.02. The summed E-state index contributed by atoms with van der Waals surface area (Å²) in [6.07, 6.45) is 3.02. The van der Waals surface area contributed by atoms with E-state index in [0.717, 1.165) is 32.2 Å². The van der Waals surface area contributed by atoms with Crippen LogP contribution in [0.5, 0.6) is 0 Å². The number of para-hydroxylation sites is 2. The number of amides is 2. The van der Waals surface area contributed by atoms with Gasteiger partial charge in [-0.05, 0) is 25.0 Å². The number of hydrogen-bond donors (Lipinski definition) is 1. The molecule has 0 aliphatic carbocycles. The first-order valence-corrected chi connectivity index (χ1v) is 9.95. The van der Waals surface area contributed by atoms with Gasteiger partial charge in [0.15, 0.2) is 0 Å². The molecule has 0 radical (unpaired) electrons. The zero-order valence-corrected chi connectivity index (χ0v) is 14.8. The van der Waals surface area contributed by atoms with Crippen LogP contribution >= 0.6 is 0 Å². The highest BCUT2D eigenvalue weighted by atomic mass is 32.2. The molecule has 3 rings (SSSR count). The fourth-order valence-electron chi connectivity index (χ4n) is 2.94. The van der Waals surface area contributed by atoms with E-state index in [2.05, 4.69) is 10.3 Å². The smallest absolute Gasteiger partial charge is 0.241 e. The molecule has 0 unspecified atom stereocenters. The van der Waals surface area contributed by atoms with Crippen molar-refractivity contribution >= 4 is 32.7 Å². The zero-order chi connectivity index (χ0) is 18.0.